The molecule has 0 aromatic heterocycles. The molecule has 0 spiro atoms. The number of hydroxylamine groups is 2. The quantitative estimate of drug-likeness (QED) is 0.259. The van der Waals surface area contributed by atoms with Gasteiger partial charge in [-0.2, -0.15) is 0 Å². The summed E-state index contributed by atoms with van der Waals surface area (Å²) in [6.45, 7) is 1.93. The van der Waals surface area contributed by atoms with Gasteiger partial charge in [-0.3, -0.25) is 0 Å². The van der Waals surface area contributed by atoms with Crippen LogP contribution in [0.2, 0.25) is 0 Å². The predicted molar refractivity (Wildman–Crippen MR) is 36.4 cm³/mol. The van der Waals surface area contributed by atoms with Crippen LogP contribution in [0.15, 0.2) is 11.8 Å². The van der Waals surface area contributed by atoms with Gasteiger partial charge in [-0.15, -0.1) is 0 Å². The molecule has 0 amide bonds. The second-order valence-electron chi connectivity index (χ2n) is 2.03. The molecular weight excluding hydrogens is 245 g/mol. The molecule has 0 fully saturated rings. The summed E-state index contributed by atoms with van der Waals surface area (Å²) in [5.41, 5.74) is 1.07. The summed E-state index contributed by atoms with van der Waals surface area (Å²) < 4.78 is 1.23. The molecule has 0 unspecified atom stereocenters. The van der Waals surface area contributed by atoms with Crippen LogP contribution in [0.4, 0.5) is 0 Å². The number of nitrogens with zero attached hydrogens (tertiary/aromatic N) is 1. The second kappa shape index (κ2) is 5.94. The fourth-order valence-corrected chi connectivity index (χ4v) is 1.91. The van der Waals surface area contributed by atoms with Crippen molar-refractivity contribution in [3.05, 3.63) is 11.8 Å². The second-order valence-corrected chi connectivity index (χ2v) is 4.63. The summed E-state index contributed by atoms with van der Waals surface area (Å²) in [5, 5.41) is 15.5. The zero-order chi connectivity index (χ0) is 7.98. The van der Waals surface area contributed by atoms with Crippen molar-refractivity contribution in [2.24, 2.45) is 0 Å². The molecule has 0 aliphatic rings. The fourth-order valence-electron chi connectivity index (χ4n) is 0.517. The van der Waals surface area contributed by atoms with Crippen LogP contribution in [0.25, 0.3) is 0 Å². The van der Waals surface area contributed by atoms with Crippen molar-refractivity contribution in [1.82, 2.24) is 5.23 Å². The molecular formula is C6H14INO2. The maximum absolute atomic E-state index is 8.45. The molecule has 4 heteroatoms. The summed E-state index contributed by atoms with van der Waals surface area (Å²) >= 11 is 0.346. The molecule has 0 saturated heterocycles. The van der Waals surface area contributed by atoms with Gasteiger partial charge in [0.25, 0.3) is 0 Å². The molecule has 0 aliphatic carbocycles. The average Bonchev–Trinajstić information content (AvgIpc) is 1.82. The van der Waals surface area contributed by atoms with E-state index in [9.17, 15) is 0 Å². The van der Waals surface area contributed by atoms with E-state index in [0.717, 1.165) is 12.0 Å². The molecule has 0 heterocycles. The molecule has 0 aromatic rings. The van der Waals surface area contributed by atoms with Crippen molar-refractivity contribution >= 4 is 0 Å². The molecule has 3 nitrogen and oxygen atoms in total. The van der Waals surface area contributed by atoms with Gasteiger partial charge in [-0.1, -0.05) is 0 Å². The Bertz CT molecular complexity index is 114. The number of halogens is 1. The van der Waals surface area contributed by atoms with Crippen molar-refractivity contribution in [1.29, 1.82) is 0 Å². The first-order valence-electron chi connectivity index (χ1n) is 2.97. The molecule has 0 aromatic carbocycles. The third-order valence-electron chi connectivity index (χ3n) is 1.02. The van der Waals surface area contributed by atoms with Crippen LogP contribution in [0.3, 0.4) is 0 Å². The van der Waals surface area contributed by atoms with Crippen molar-refractivity contribution in [3.8, 4) is 0 Å². The Morgan fingerprint density at radius 3 is 2.80 bits per heavy atom. The van der Waals surface area contributed by atoms with Gasteiger partial charge in [0.2, 0.25) is 0 Å². The summed E-state index contributed by atoms with van der Waals surface area (Å²) in [6, 6.07) is 0. The third-order valence-corrected chi connectivity index (χ3v) is 2.64. The maximum atomic E-state index is 8.45. The number of alkyl halides is 2. The number of hydrogen-bond donors (Lipinski definition) is 1. The minimum absolute atomic E-state index is 0.346. The Balaban J connectivity index is 3.49. The Labute approximate surface area is 71.5 Å². The Morgan fingerprint density at radius 1 is 1.80 bits per heavy atom. The normalized spacial score (nSPS) is 12.2. The predicted octanol–water partition coefficient (Wildman–Crippen LogP) is -2.67. The summed E-state index contributed by atoms with van der Waals surface area (Å²) in [6.07, 6.45) is 2.44. The molecule has 0 aliphatic heterocycles. The first-order chi connectivity index (χ1) is 4.66. The molecule has 0 bridgehead atoms. The Kier molecular flexibility index (Phi) is 6.05. The van der Waals surface area contributed by atoms with Crippen molar-refractivity contribution < 1.29 is 31.6 Å². The standard InChI is InChI=1S/C6H13INO2/c1-6(3-4-7-2)5-8(9)10/h5,9-10H,3-4H2,1-2H3/q-1/p+1/b6-5-. The molecule has 0 rings (SSSR count). The first-order valence-corrected chi connectivity index (χ1v) is 6.65. The van der Waals surface area contributed by atoms with E-state index in [1.54, 1.807) is 0 Å². The molecule has 62 valence electrons. The third kappa shape index (κ3) is 6.31. The van der Waals surface area contributed by atoms with E-state index in [4.69, 9.17) is 10.4 Å². The molecule has 0 atom stereocenters. The van der Waals surface area contributed by atoms with Crippen LogP contribution in [0.5, 0.6) is 0 Å². The van der Waals surface area contributed by atoms with Crippen LogP contribution in [0.1, 0.15) is 13.3 Å². The zero-order valence-electron chi connectivity index (χ0n) is 6.26. The molecule has 0 saturated carbocycles. The fraction of sp³-hybridized carbons (Fsp3) is 0.667. The summed E-state index contributed by atoms with van der Waals surface area (Å²) in [7, 11) is 0. The van der Waals surface area contributed by atoms with Gasteiger partial charge < -0.3 is 0 Å². The van der Waals surface area contributed by atoms with Gasteiger partial charge in [0, 0.05) is 0 Å². The van der Waals surface area contributed by atoms with Crippen LogP contribution in [-0.4, -0.2) is 25.0 Å². The van der Waals surface area contributed by atoms with Gasteiger partial charge in [0.15, 0.2) is 0 Å². The van der Waals surface area contributed by atoms with Crippen molar-refractivity contribution in [2.45, 2.75) is 13.3 Å². The monoisotopic (exact) mass is 259 g/mol. The minimum atomic E-state index is 0.346. The van der Waals surface area contributed by atoms with E-state index >= 15 is 0 Å². The number of hydrogen-bond acceptors (Lipinski definition) is 2. The van der Waals surface area contributed by atoms with Crippen molar-refractivity contribution in [2.75, 3.05) is 9.36 Å². The van der Waals surface area contributed by atoms with Gasteiger partial charge in [-0.25, -0.2) is 0 Å². The zero-order valence-corrected chi connectivity index (χ0v) is 8.42. The topological polar surface area (TPSA) is 46.4 Å². The van der Waals surface area contributed by atoms with E-state index in [0.29, 0.717) is 26.4 Å². The van der Waals surface area contributed by atoms with Gasteiger partial charge in [-0.05, 0) is 0 Å². The molecule has 3 N–H and O–H groups in total. The van der Waals surface area contributed by atoms with E-state index in [1.807, 2.05) is 6.92 Å². The van der Waals surface area contributed by atoms with E-state index < -0.39 is 0 Å². The first kappa shape index (κ1) is 10.2. The van der Waals surface area contributed by atoms with Gasteiger partial charge in [0.05, 0.1) is 0 Å². The van der Waals surface area contributed by atoms with E-state index in [-0.39, 0.29) is 0 Å². The molecule has 10 heavy (non-hydrogen) atoms. The van der Waals surface area contributed by atoms with Crippen LogP contribution in [0, 0.1) is 0 Å². The van der Waals surface area contributed by atoms with Gasteiger partial charge in [0.1, 0.15) is 0 Å². The Hall–Kier alpha value is 0.190. The number of rotatable bonds is 4. The summed E-state index contributed by atoms with van der Waals surface area (Å²) in [5.74, 6) is 0. The van der Waals surface area contributed by atoms with Crippen LogP contribution < -0.4 is 21.2 Å². The number of allylic oxidation sites excluding steroid dienone is 1. The average molecular weight is 259 g/mol. The van der Waals surface area contributed by atoms with E-state index in [2.05, 4.69) is 4.93 Å². The van der Waals surface area contributed by atoms with Gasteiger partial charge >= 0.3 is 71.3 Å². The Morgan fingerprint density at radius 2 is 2.40 bits per heavy atom. The molecule has 0 radical (unpaired) electrons. The van der Waals surface area contributed by atoms with E-state index in [1.165, 1.54) is 10.6 Å². The SMILES string of the molecule is C[I-]CC/C(C)=C\N(O)[OH2+]. The van der Waals surface area contributed by atoms with Crippen molar-refractivity contribution in [3.63, 3.8) is 0 Å². The van der Waals surface area contributed by atoms with Crippen LogP contribution in [-0.2, 0) is 0 Å². The van der Waals surface area contributed by atoms with Crippen LogP contribution >= 0.6 is 0 Å². The summed E-state index contributed by atoms with van der Waals surface area (Å²) in [4.78, 5) is 2.23.